The highest BCUT2D eigenvalue weighted by molar-refractivity contribution is 6.01. The Morgan fingerprint density at radius 1 is 1.13 bits per heavy atom. The molecule has 23 heavy (non-hydrogen) atoms. The van der Waals surface area contributed by atoms with Gasteiger partial charge >= 0.3 is 0 Å². The van der Waals surface area contributed by atoms with Gasteiger partial charge in [0.25, 0.3) is 0 Å². The van der Waals surface area contributed by atoms with Crippen molar-refractivity contribution in [1.82, 2.24) is 9.80 Å². The van der Waals surface area contributed by atoms with Crippen molar-refractivity contribution in [3.05, 3.63) is 29.8 Å². The van der Waals surface area contributed by atoms with E-state index in [1.54, 1.807) is 0 Å². The topological polar surface area (TPSA) is 52.7 Å². The predicted octanol–water partition coefficient (Wildman–Crippen LogP) is 1.67. The van der Waals surface area contributed by atoms with E-state index in [4.69, 9.17) is 0 Å². The van der Waals surface area contributed by atoms with E-state index in [-0.39, 0.29) is 24.2 Å². The van der Waals surface area contributed by atoms with Gasteiger partial charge in [0.1, 0.15) is 0 Å². The molecule has 1 aromatic carbocycles. The fourth-order valence-electron chi connectivity index (χ4n) is 3.67. The number of carbonyl (C=O) groups excluding carboxylic acids is 2. The molecular formula is C18H23N3O2. The van der Waals surface area contributed by atoms with E-state index in [1.165, 1.54) is 19.4 Å². The summed E-state index contributed by atoms with van der Waals surface area (Å²) in [5.41, 5.74) is 1.74. The zero-order chi connectivity index (χ0) is 15.8. The molecule has 1 saturated heterocycles. The highest BCUT2D eigenvalue weighted by atomic mass is 16.2. The maximum atomic E-state index is 12.9. The number of amides is 2. The van der Waals surface area contributed by atoms with Crippen molar-refractivity contribution in [3.8, 4) is 0 Å². The second-order valence-electron chi connectivity index (χ2n) is 6.96. The number of anilines is 1. The van der Waals surface area contributed by atoms with Crippen LogP contribution in [0.5, 0.6) is 0 Å². The molecule has 0 bridgehead atoms. The number of nitrogens with zero attached hydrogens (tertiary/aromatic N) is 2. The third kappa shape index (κ3) is 3.11. The minimum Gasteiger partial charge on any atom is -0.340 e. The summed E-state index contributed by atoms with van der Waals surface area (Å²) < 4.78 is 0. The minimum atomic E-state index is -0.324. The van der Waals surface area contributed by atoms with Crippen molar-refractivity contribution >= 4 is 17.5 Å². The van der Waals surface area contributed by atoms with Gasteiger partial charge in [-0.3, -0.25) is 14.5 Å². The molecule has 1 saturated carbocycles. The molecule has 1 N–H and O–H groups in total. The monoisotopic (exact) mass is 313 g/mol. The number of nitrogens with one attached hydrogen (secondary N) is 1. The summed E-state index contributed by atoms with van der Waals surface area (Å²) in [6, 6.07) is 7.66. The van der Waals surface area contributed by atoms with Crippen LogP contribution in [0.25, 0.3) is 0 Å². The molecule has 122 valence electrons. The first-order valence-corrected chi connectivity index (χ1v) is 8.60. The van der Waals surface area contributed by atoms with E-state index in [0.29, 0.717) is 0 Å². The Balaban J connectivity index is 1.44. The maximum absolute atomic E-state index is 12.9. The molecule has 4 rings (SSSR count). The minimum absolute atomic E-state index is 0.0607. The van der Waals surface area contributed by atoms with Crippen LogP contribution in [-0.4, -0.2) is 54.3 Å². The summed E-state index contributed by atoms with van der Waals surface area (Å²) in [6.45, 7) is 4.68. The predicted molar refractivity (Wildman–Crippen MR) is 88.2 cm³/mol. The van der Waals surface area contributed by atoms with Crippen LogP contribution in [0, 0.1) is 5.92 Å². The van der Waals surface area contributed by atoms with Crippen LogP contribution in [0.3, 0.4) is 0 Å². The Hall–Kier alpha value is -1.88. The van der Waals surface area contributed by atoms with Gasteiger partial charge in [-0.25, -0.2) is 0 Å². The third-order valence-electron chi connectivity index (χ3n) is 5.20. The van der Waals surface area contributed by atoms with Gasteiger partial charge in [-0.2, -0.15) is 0 Å². The normalized spacial score (nSPS) is 25.0. The van der Waals surface area contributed by atoms with Gasteiger partial charge in [-0.05, 0) is 30.4 Å². The summed E-state index contributed by atoms with van der Waals surface area (Å²) in [5.74, 6) is 0.619. The largest absolute Gasteiger partial charge is 0.340 e. The molecule has 0 radical (unpaired) electrons. The van der Waals surface area contributed by atoms with Crippen LogP contribution in [0.4, 0.5) is 5.69 Å². The molecule has 5 heteroatoms. The lowest BCUT2D eigenvalue weighted by molar-refractivity contribution is -0.136. The van der Waals surface area contributed by atoms with Crippen LogP contribution in [0.1, 0.15) is 30.7 Å². The zero-order valence-electron chi connectivity index (χ0n) is 13.3. The van der Waals surface area contributed by atoms with E-state index < -0.39 is 0 Å². The average molecular weight is 313 g/mol. The molecule has 2 fully saturated rings. The SMILES string of the molecule is O=C1CC(C(=O)N2CCN(CC3CC3)CC2)c2ccccc2N1. The number of hydrogen-bond acceptors (Lipinski definition) is 3. The standard InChI is InChI=1S/C18H23N3O2/c22-17-11-15(14-3-1-2-4-16(14)19-17)18(23)21-9-7-20(8-10-21)12-13-5-6-13/h1-4,13,15H,5-12H2,(H,19,22). The second kappa shape index (κ2) is 5.96. The van der Waals surface area contributed by atoms with E-state index in [0.717, 1.165) is 43.3 Å². The third-order valence-corrected chi connectivity index (χ3v) is 5.20. The maximum Gasteiger partial charge on any atom is 0.230 e. The quantitative estimate of drug-likeness (QED) is 0.923. The zero-order valence-corrected chi connectivity index (χ0v) is 13.3. The van der Waals surface area contributed by atoms with Crippen LogP contribution in [-0.2, 0) is 9.59 Å². The molecule has 0 spiro atoms. The number of para-hydroxylation sites is 1. The highest BCUT2D eigenvalue weighted by Crippen LogP contribution is 2.34. The summed E-state index contributed by atoms with van der Waals surface area (Å²) in [6.07, 6.45) is 3.00. The van der Waals surface area contributed by atoms with Crippen molar-refractivity contribution in [2.45, 2.75) is 25.2 Å². The lowest BCUT2D eigenvalue weighted by atomic mass is 9.89. The van der Waals surface area contributed by atoms with E-state index in [9.17, 15) is 9.59 Å². The lowest BCUT2D eigenvalue weighted by Crippen LogP contribution is -2.51. The van der Waals surface area contributed by atoms with Crippen molar-refractivity contribution in [2.24, 2.45) is 5.92 Å². The highest BCUT2D eigenvalue weighted by Gasteiger charge is 2.35. The Bertz CT molecular complexity index is 618. The summed E-state index contributed by atoms with van der Waals surface area (Å²) in [5, 5.41) is 2.87. The second-order valence-corrected chi connectivity index (χ2v) is 6.96. The van der Waals surface area contributed by atoms with Gasteiger partial charge in [0.2, 0.25) is 11.8 Å². The Morgan fingerprint density at radius 3 is 2.61 bits per heavy atom. The van der Waals surface area contributed by atoms with Crippen molar-refractivity contribution in [2.75, 3.05) is 38.0 Å². The number of piperazine rings is 1. The molecule has 2 aliphatic heterocycles. The molecule has 2 heterocycles. The van der Waals surface area contributed by atoms with Gasteiger partial charge in [-0.15, -0.1) is 0 Å². The van der Waals surface area contributed by atoms with Crippen LogP contribution in [0.15, 0.2) is 24.3 Å². The average Bonchev–Trinajstić information content (AvgIpc) is 3.38. The number of benzene rings is 1. The number of fused-ring (bicyclic) bond motifs is 1. The Morgan fingerprint density at radius 2 is 1.87 bits per heavy atom. The fraction of sp³-hybridized carbons (Fsp3) is 0.556. The Labute approximate surface area is 136 Å². The first-order valence-electron chi connectivity index (χ1n) is 8.60. The lowest BCUT2D eigenvalue weighted by Gasteiger charge is -2.37. The first-order chi connectivity index (χ1) is 11.2. The van der Waals surface area contributed by atoms with E-state index in [1.807, 2.05) is 29.2 Å². The number of hydrogen-bond donors (Lipinski definition) is 1. The summed E-state index contributed by atoms with van der Waals surface area (Å²) in [7, 11) is 0. The number of rotatable bonds is 3. The fourth-order valence-corrected chi connectivity index (χ4v) is 3.67. The summed E-state index contributed by atoms with van der Waals surface area (Å²) in [4.78, 5) is 29.3. The van der Waals surface area contributed by atoms with Gasteiger partial charge in [0.15, 0.2) is 0 Å². The summed E-state index contributed by atoms with van der Waals surface area (Å²) >= 11 is 0. The molecular weight excluding hydrogens is 290 g/mol. The van der Waals surface area contributed by atoms with Crippen LogP contribution in [0.2, 0.25) is 0 Å². The van der Waals surface area contributed by atoms with Crippen molar-refractivity contribution in [1.29, 1.82) is 0 Å². The van der Waals surface area contributed by atoms with Gasteiger partial charge in [-0.1, -0.05) is 18.2 Å². The molecule has 3 aliphatic rings. The molecule has 1 unspecified atom stereocenters. The molecule has 1 aliphatic carbocycles. The van der Waals surface area contributed by atoms with Crippen LogP contribution < -0.4 is 5.32 Å². The number of carbonyl (C=O) groups is 2. The molecule has 0 aromatic heterocycles. The van der Waals surface area contributed by atoms with Crippen molar-refractivity contribution < 1.29 is 9.59 Å². The molecule has 5 nitrogen and oxygen atoms in total. The van der Waals surface area contributed by atoms with Gasteiger partial charge < -0.3 is 10.2 Å². The van der Waals surface area contributed by atoms with Crippen LogP contribution >= 0.6 is 0 Å². The van der Waals surface area contributed by atoms with E-state index in [2.05, 4.69) is 10.2 Å². The van der Waals surface area contributed by atoms with E-state index >= 15 is 0 Å². The molecule has 2 amide bonds. The van der Waals surface area contributed by atoms with Gasteiger partial charge in [0.05, 0.1) is 5.92 Å². The Kier molecular flexibility index (Phi) is 3.81. The first kappa shape index (κ1) is 14.7. The van der Waals surface area contributed by atoms with Gasteiger partial charge in [0, 0.05) is 44.8 Å². The molecule has 1 aromatic rings. The smallest absolute Gasteiger partial charge is 0.230 e. The van der Waals surface area contributed by atoms with Crippen molar-refractivity contribution in [3.63, 3.8) is 0 Å². The molecule has 1 atom stereocenters.